The second kappa shape index (κ2) is 8.39. The van der Waals surface area contributed by atoms with Crippen LogP contribution in [0.2, 0.25) is 5.02 Å². The number of methoxy groups -OCH3 is 1. The Balaban J connectivity index is 1.72. The Kier molecular flexibility index (Phi) is 5.96. The molecule has 0 unspecified atom stereocenters. The number of hydrogen-bond donors (Lipinski definition) is 1. The minimum absolute atomic E-state index is 0.0640. The van der Waals surface area contributed by atoms with Crippen LogP contribution in [-0.4, -0.2) is 41.9 Å². The molecule has 27 heavy (non-hydrogen) atoms. The van der Waals surface area contributed by atoms with Gasteiger partial charge in [-0.05, 0) is 49.1 Å². The average molecular weight is 388 g/mol. The van der Waals surface area contributed by atoms with Gasteiger partial charge in [-0.1, -0.05) is 18.5 Å². The Morgan fingerprint density at radius 3 is 2.63 bits per heavy atom. The number of benzene rings is 1. The van der Waals surface area contributed by atoms with Gasteiger partial charge >= 0.3 is 0 Å². The molecular formula is C20H22ClN3O3. The first-order chi connectivity index (χ1) is 13.0. The number of carbonyl (C=O) groups excluding carboxylic acids is 2. The van der Waals surface area contributed by atoms with Crippen LogP contribution in [0.1, 0.15) is 40.6 Å². The number of anilines is 1. The molecule has 1 saturated heterocycles. The molecule has 0 aliphatic carbocycles. The lowest BCUT2D eigenvalue weighted by atomic mass is 9.98. The third kappa shape index (κ3) is 4.57. The van der Waals surface area contributed by atoms with Crippen molar-refractivity contribution in [1.82, 2.24) is 9.88 Å². The Morgan fingerprint density at radius 2 is 1.96 bits per heavy atom. The lowest BCUT2D eigenvalue weighted by molar-refractivity contribution is 0.0697. The van der Waals surface area contributed by atoms with Crippen molar-refractivity contribution in [1.29, 1.82) is 0 Å². The minimum Gasteiger partial charge on any atom is -0.495 e. The number of aromatic nitrogens is 1. The number of nitrogens with one attached hydrogen (secondary N) is 1. The van der Waals surface area contributed by atoms with Crippen LogP contribution in [-0.2, 0) is 0 Å². The summed E-state index contributed by atoms with van der Waals surface area (Å²) in [6, 6.07) is 8.12. The number of pyridine rings is 1. The molecule has 0 bridgehead atoms. The second-order valence-corrected chi connectivity index (χ2v) is 7.12. The first-order valence-electron chi connectivity index (χ1n) is 8.88. The number of amides is 2. The third-order valence-corrected chi connectivity index (χ3v) is 5.02. The molecule has 2 aromatic rings. The molecule has 0 radical (unpaired) electrons. The van der Waals surface area contributed by atoms with E-state index in [1.54, 1.807) is 24.3 Å². The van der Waals surface area contributed by atoms with Crippen molar-refractivity contribution in [3.05, 3.63) is 52.8 Å². The molecule has 6 nitrogen and oxygen atoms in total. The molecule has 0 saturated carbocycles. The van der Waals surface area contributed by atoms with Crippen molar-refractivity contribution in [2.75, 3.05) is 25.5 Å². The van der Waals surface area contributed by atoms with E-state index in [1.807, 2.05) is 4.90 Å². The molecule has 1 fully saturated rings. The van der Waals surface area contributed by atoms with E-state index < -0.39 is 5.91 Å². The summed E-state index contributed by atoms with van der Waals surface area (Å²) < 4.78 is 5.10. The molecule has 142 valence electrons. The first kappa shape index (κ1) is 19.2. The van der Waals surface area contributed by atoms with Gasteiger partial charge in [-0.15, -0.1) is 0 Å². The van der Waals surface area contributed by atoms with Crippen LogP contribution >= 0.6 is 11.6 Å². The van der Waals surface area contributed by atoms with Gasteiger partial charge in [-0.25, -0.2) is 0 Å². The van der Waals surface area contributed by atoms with Crippen LogP contribution in [0.3, 0.4) is 0 Å². The topological polar surface area (TPSA) is 71.5 Å². The Bertz CT molecular complexity index is 848. The average Bonchev–Trinajstić information content (AvgIpc) is 2.68. The van der Waals surface area contributed by atoms with Crippen molar-refractivity contribution in [2.45, 2.75) is 19.8 Å². The highest BCUT2D eigenvalue weighted by Crippen LogP contribution is 2.27. The van der Waals surface area contributed by atoms with Gasteiger partial charge in [-0.2, -0.15) is 0 Å². The Hall–Kier alpha value is -2.60. The zero-order valence-electron chi connectivity index (χ0n) is 15.4. The summed E-state index contributed by atoms with van der Waals surface area (Å²) in [5.74, 6) is 0.698. The molecule has 2 amide bonds. The lowest BCUT2D eigenvalue weighted by Gasteiger charge is -2.30. The fraction of sp³-hybridized carbons (Fsp3) is 0.350. The molecule has 0 spiro atoms. The van der Waals surface area contributed by atoms with Crippen molar-refractivity contribution >= 4 is 29.1 Å². The number of nitrogens with zero attached hydrogens (tertiary/aromatic N) is 2. The third-order valence-electron chi connectivity index (χ3n) is 4.72. The standard InChI is InChI=1S/C20H22ClN3O3/c1-13-6-9-24(10-7-13)20(26)14-5-8-22-17(11-14)19(25)23-15-3-4-18(27-2)16(21)12-15/h3-5,8,11-13H,6-7,9-10H2,1-2H3,(H,23,25). The summed E-state index contributed by atoms with van der Waals surface area (Å²) >= 11 is 6.08. The summed E-state index contributed by atoms with van der Waals surface area (Å²) in [5, 5.41) is 3.13. The normalized spacial score (nSPS) is 14.7. The van der Waals surface area contributed by atoms with Crippen molar-refractivity contribution in [3.63, 3.8) is 0 Å². The van der Waals surface area contributed by atoms with E-state index in [-0.39, 0.29) is 11.6 Å². The van der Waals surface area contributed by atoms with Gasteiger partial charge in [0, 0.05) is 30.5 Å². The van der Waals surface area contributed by atoms with Gasteiger partial charge < -0.3 is 15.0 Å². The lowest BCUT2D eigenvalue weighted by Crippen LogP contribution is -2.38. The fourth-order valence-corrected chi connectivity index (χ4v) is 3.28. The van der Waals surface area contributed by atoms with Crippen LogP contribution in [0.25, 0.3) is 0 Å². The van der Waals surface area contributed by atoms with E-state index in [0.717, 1.165) is 25.9 Å². The van der Waals surface area contributed by atoms with Crippen LogP contribution in [0.15, 0.2) is 36.5 Å². The molecule has 7 heteroatoms. The van der Waals surface area contributed by atoms with Gasteiger partial charge in [-0.3, -0.25) is 14.6 Å². The van der Waals surface area contributed by atoms with E-state index in [4.69, 9.17) is 16.3 Å². The summed E-state index contributed by atoms with van der Waals surface area (Å²) in [6.45, 7) is 3.69. The smallest absolute Gasteiger partial charge is 0.274 e. The summed E-state index contributed by atoms with van der Waals surface area (Å²) in [6.07, 6.45) is 3.49. The van der Waals surface area contributed by atoms with Gasteiger partial charge in [0.05, 0.1) is 12.1 Å². The molecule has 3 rings (SSSR count). The minimum atomic E-state index is -0.404. The SMILES string of the molecule is COc1ccc(NC(=O)c2cc(C(=O)N3CCC(C)CC3)ccn2)cc1Cl. The van der Waals surface area contributed by atoms with Crippen molar-refractivity contribution in [3.8, 4) is 5.75 Å². The number of ether oxygens (including phenoxy) is 1. The zero-order valence-corrected chi connectivity index (χ0v) is 16.1. The first-order valence-corrected chi connectivity index (χ1v) is 9.26. The number of carbonyl (C=O) groups is 2. The van der Waals surface area contributed by atoms with Crippen molar-refractivity contribution < 1.29 is 14.3 Å². The number of piperidine rings is 1. The maximum Gasteiger partial charge on any atom is 0.274 e. The highest BCUT2D eigenvalue weighted by atomic mass is 35.5. The van der Waals surface area contributed by atoms with Gasteiger partial charge in [0.2, 0.25) is 0 Å². The highest BCUT2D eigenvalue weighted by molar-refractivity contribution is 6.32. The largest absolute Gasteiger partial charge is 0.495 e. The quantitative estimate of drug-likeness (QED) is 0.864. The van der Waals surface area contributed by atoms with Crippen LogP contribution < -0.4 is 10.1 Å². The van der Waals surface area contributed by atoms with Gasteiger partial charge in [0.25, 0.3) is 11.8 Å². The number of halogens is 1. The van der Waals surface area contributed by atoms with Crippen LogP contribution in [0.4, 0.5) is 5.69 Å². The summed E-state index contributed by atoms with van der Waals surface area (Å²) in [4.78, 5) is 31.1. The maximum atomic E-state index is 12.7. The van der Waals surface area contributed by atoms with E-state index >= 15 is 0 Å². The predicted molar refractivity (Wildman–Crippen MR) is 104 cm³/mol. The van der Waals surface area contributed by atoms with Gasteiger partial charge in [0.15, 0.2) is 0 Å². The highest BCUT2D eigenvalue weighted by Gasteiger charge is 2.22. The van der Waals surface area contributed by atoms with E-state index in [0.29, 0.717) is 27.9 Å². The van der Waals surface area contributed by atoms with Crippen LogP contribution in [0, 0.1) is 5.92 Å². The monoisotopic (exact) mass is 387 g/mol. The number of hydrogen-bond acceptors (Lipinski definition) is 4. The van der Waals surface area contributed by atoms with E-state index in [2.05, 4.69) is 17.2 Å². The molecule has 1 aliphatic rings. The second-order valence-electron chi connectivity index (χ2n) is 6.71. The summed E-state index contributed by atoms with van der Waals surface area (Å²) in [5.41, 5.74) is 1.17. The van der Waals surface area contributed by atoms with Crippen LogP contribution in [0.5, 0.6) is 5.75 Å². The molecule has 1 aromatic carbocycles. The maximum absolute atomic E-state index is 12.7. The number of rotatable bonds is 4. The predicted octanol–water partition coefficient (Wildman–Crippen LogP) is 3.87. The molecular weight excluding hydrogens is 366 g/mol. The number of likely N-dealkylation sites (tertiary alicyclic amines) is 1. The van der Waals surface area contributed by atoms with Crippen molar-refractivity contribution in [2.24, 2.45) is 5.92 Å². The molecule has 1 N–H and O–H groups in total. The fourth-order valence-electron chi connectivity index (χ4n) is 3.02. The van der Waals surface area contributed by atoms with E-state index in [1.165, 1.54) is 19.4 Å². The summed E-state index contributed by atoms with van der Waals surface area (Å²) in [7, 11) is 1.52. The van der Waals surface area contributed by atoms with E-state index in [9.17, 15) is 9.59 Å². The molecule has 2 heterocycles. The Morgan fingerprint density at radius 1 is 1.22 bits per heavy atom. The molecule has 0 atom stereocenters. The van der Waals surface area contributed by atoms with Gasteiger partial charge in [0.1, 0.15) is 11.4 Å². The molecule has 1 aromatic heterocycles. The molecule has 1 aliphatic heterocycles. The Labute approximate surface area is 163 Å². The zero-order chi connectivity index (χ0) is 19.4.